The number of thioether (sulfide) groups is 1. The molecule has 1 aromatic carbocycles. The summed E-state index contributed by atoms with van der Waals surface area (Å²) < 4.78 is 0. The van der Waals surface area contributed by atoms with Crippen molar-refractivity contribution < 1.29 is 15.0 Å². The molecule has 1 aliphatic rings. The summed E-state index contributed by atoms with van der Waals surface area (Å²) in [5, 5.41) is 18.2. The van der Waals surface area contributed by atoms with Gasteiger partial charge in [-0.1, -0.05) is 30.3 Å². The average molecular weight is 253 g/mol. The topological polar surface area (TPSA) is 60.8 Å². The van der Waals surface area contributed by atoms with E-state index in [1.54, 1.807) is 16.7 Å². The van der Waals surface area contributed by atoms with Gasteiger partial charge in [0.2, 0.25) is 5.91 Å². The number of aliphatic hydroxyl groups excluding tert-OH is 2. The van der Waals surface area contributed by atoms with Gasteiger partial charge in [0.05, 0.1) is 25.0 Å². The second-order valence-corrected chi connectivity index (χ2v) is 5.03. The fourth-order valence-electron chi connectivity index (χ4n) is 1.83. The predicted molar refractivity (Wildman–Crippen MR) is 66.4 cm³/mol. The van der Waals surface area contributed by atoms with E-state index in [1.807, 2.05) is 30.3 Å². The van der Waals surface area contributed by atoms with E-state index in [2.05, 4.69) is 0 Å². The Balaban J connectivity index is 2.14. The Hall–Kier alpha value is -1.04. The highest BCUT2D eigenvalue weighted by molar-refractivity contribution is 8.00. The summed E-state index contributed by atoms with van der Waals surface area (Å²) in [6, 6.07) is 9.72. The SMILES string of the molecule is O=C1CSC(c2ccccc2)N1C[C@H](O)CO. The fraction of sp³-hybridized carbons (Fsp3) is 0.417. The van der Waals surface area contributed by atoms with Crippen LogP contribution in [-0.2, 0) is 4.79 Å². The summed E-state index contributed by atoms with van der Waals surface area (Å²) in [5.41, 5.74) is 1.05. The second-order valence-electron chi connectivity index (χ2n) is 3.96. The molecule has 5 heteroatoms. The molecule has 1 heterocycles. The molecule has 0 aliphatic carbocycles. The first-order valence-electron chi connectivity index (χ1n) is 5.47. The van der Waals surface area contributed by atoms with Crippen LogP contribution in [0.2, 0.25) is 0 Å². The number of carbonyl (C=O) groups is 1. The first-order chi connectivity index (χ1) is 8.22. The van der Waals surface area contributed by atoms with Gasteiger partial charge >= 0.3 is 0 Å². The van der Waals surface area contributed by atoms with Crippen LogP contribution in [-0.4, -0.2) is 46.0 Å². The molecule has 0 spiro atoms. The van der Waals surface area contributed by atoms with Crippen molar-refractivity contribution in [3.63, 3.8) is 0 Å². The average Bonchev–Trinajstić information content (AvgIpc) is 2.72. The largest absolute Gasteiger partial charge is 0.394 e. The number of hydrogen-bond acceptors (Lipinski definition) is 4. The molecule has 1 unspecified atom stereocenters. The van der Waals surface area contributed by atoms with Crippen LogP contribution in [0.3, 0.4) is 0 Å². The second kappa shape index (κ2) is 5.53. The monoisotopic (exact) mass is 253 g/mol. The zero-order valence-corrected chi connectivity index (χ0v) is 10.1. The van der Waals surface area contributed by atoms with Gasteiger partial charge in [0.1, 0.15) is 5.37 Å². The first kappa shape index (κ1) is 12.4. The van der Waals surface area contributed by atoms with Gasteiger partial charge in [-0.15, -0.1) is 11.8 Å². The molecule has 4 nitrogen and oxygen atoms in total. The lowest BCUT2D eigenvalue weighted by Gasteiger charge is -2.25. The highest BCUT2D eigenvalue weighted by Crippen LogP contribution is 2.38. The van der Waals surface area contributed by atoms with Crippen LogP contribution in [0.15, 0.2) is 30.3 Å². The van der Waals surface area contributed by atoms with Gasteiger partial charge in [0, 0.05) is 0 Å². The Morgan fingerprint density at radius 3 is 2.76 bits per heavy atom. The molecule has 1 fully saturated rings. The molecule has 92 valence electrons. The van der Waals surface area contributed by atoms with Crippen molar-refractivity contribution in [2.45, 2.75) is 11.5 Å². The molecule has 17 heavy (non-hydrogen) atoms. The Labute approximate surface area is 104 Å². The Morgan fingerprint density at radius 1 is 1.41 bits per heavy atom. The lowest BCUT2D eigenvalue weighted by molar-refractivity contribution is -0.129. The molecule has 0 radical (unpaired) electrons. The van der Waals surface area contributed by atoms with E-state index in [1.165, 1.54) is 0 Å². The molecule has 1 saturated heterocycles. The summed E-state index contributed by atoms with van der Waals surface area (Å²) >= 11 is 1.55. The van der Waals surface area contributed by atoms with Crippen LogP contribution in [0.25, 0.3) is 0 Å². The highest BCUT2D eigenvalue weighted by Gasteiger charge is 2.33. The third-order valence-electron chi connectivity index (χ3n) is 2.67. The molecule has 2 atom stereocenters. The molecular weight excluding hydrogens is 238 g/mol. The van der Waals surface area contributed by atoms with Gasteiger partial charge in [-0.05, 0) is 5.56 Å². The fourth-order valence-corrected chi connectivity index (χ4v) is 3.03. The van der Waals surface area contributed by atoms with Gasteiger partial charge < -0.3 is 15.1 Å². The van der Waals surface area contributed by atoms with Crippen LogP contribution in [0, 0.1) is 0 Å². The first-order valence-corrected chi connectivity index (χ1v) is 6.52. The van der Waals surface area contributed by atoms with Crippen LogP contribution in [0.4, 0.5) is 0 Å². The zero-order valence-electron chi connectivity index (χ0n) is 9.32. The number of carbonyl (C=O) groups excluding carboxylic acids is 1. The van der Waals surface area contributed by atoms with Crippen molar-refractivity contribution in [2.75, 3.05) is 18.9 Å². The molecule has 0 aromatic heterocycles. The highest BCUT2D eigenvalue weighted by atomic mass is 32.2. The summed E-state index contributed by atoms with van der Waals surface area (Å²) in [6.07, 6.45) is -0.871. The Bertz CT molecular complexity index is 385. The van der Waals surface area contributed by atoms with Gasteiger partial charge in [0.25, 0.3) is 0 Å². The maximum atomic E-state index is 11.7. The molecule has 1 aliphatic heterocycles. The third-order valence-corrected chi connectivity index (χ3v) is 3.93. The van der Waals surface area contributed by atoms with Crippen molar-refractivity contribution in [2.24, 2.45) is 0 Å². The zero-order chi connectivity index (χ0) is 12.3. The van der Waals surface area contributed by atoms with E-state index in [0.717, 1.165) is 5.56 Å². The quantitative estimate of drug-likeness (QED) is 0.825. The van der Waals surface area contributed by atoms with E-state index < -0.39 is 6.10 Å². The number of benzene rings is 1. The van der Waals surface area contributed by atoms with Crippen molar-refractivity contribution >= 4 is 17.7 Å². The van der Waals surface area contributed by atoms with E-state index in [4.69, 9.17) is 5.11 Å². The molecule has 2 N–H and O–H groups in total. The van der Waals surface area contributed by atoms with Crippen LogP contribution >= 0.6 is 11.8 Å². The number of aliphatic hydroxyl groups is 2. The lowest BCUT2D eigenvalue weighted by Crippen LogP contribution is -2.37. The minimum absolute atomic E-state index is 0.0105. The molecule has 0 saturated carbocycles. The predicted octanol–water partition coefficient (Wildman–Crippen LogP) is 0.614. The van der Waals surface area contributed by atoms with Crippen molar-refractivity contribution in [1.29, 1.82) is 0 Å². The summed E-state index contributed by atoms with van der Waals surface area (Å²) in [5.74, 6) is 0.439. The Morgan fingerprint density at radius 2 is 2.12 bits per heavy atom. The Kier molecular flexibility index (Phi) is 4.04. The van der Waals surface area contributed by atoms with Gasteiger partial charge in [-0.25, -0.2) is 0 Å². The van der Waals surface area contributed by atoms with Crippen LogP contribution in [0.1, 0.15) is 10.9 Å². The third kappa shape index (κ3) is 2.80. The molecule has 1 amide bonds. The number of hydrogen-bond donors (Lipinski definition) is 2. The van der Waals surface area contributed by atoms with Gasteiger partial charge in [-0.3, -0.25) is 4.79 Å². The van der Waals surface area contributed by atoms with Gasteiger partial charge in [-0.2, -0.15) is 0 Å². The van der Waals surface area contributed by atoms with Crippen molar-refractivity contribution in [3.05, 3.63) is 35.9 Å². The number of β-amino-alcohol motifs (C(OH)–C–C–N with tert-alkyl or cyclic N) is 1. The van der Waals surface area contributed by atoms with E-state index >= 15 is 0 Å². The lowest BCUT2D eigenvalue weighted by atomic mass is 10.2. The maximum absolute atomic E-state index is 11.7. The van der Waals surface area contributed by atoms with Gasteiger partial charge in [0.15, 0.2) is 0 Å². The number of nitrogens with zero attached hydrogens (tertiary/aromatic N) is 1. The van der Waals surface area contributed by atoms with Crippen LogP contribution < -0.4 is 0 Å². The molecule has 0 bridgehead atoms. The summed E-state index contributed by atoms with van der Waals surface area (Å²) in [4.78, 5) is 13.3. The standard InChI is InChI=1S/C12H15NO3S/c14-7-10(15)6-13-11(16)8-17-12(13)9-4-2-1-3-5-9/h1-5,10,12,14-15H,6-8H2/t10-,12?/m0/s1. The smallest absolute Gasteiger partial charge is 0.233 e. The summed E-state index contributed by atoms with van der Waals surface area (Å²) in [6.45, 7) is -0.141. The summed E-state index contributed by atoms with van der Waals surface area (Å²) in [7, 11) is 0. The van der Waals surface area contributed by atoms with E-state index in [9.17, 15) is 9.90 Å². The molecule has 2 rings (SSSR count). The van der Waals surface area contributed by atoms with Crippen molar-refractivity contribution in [1.82, 2.24) is 4.90 Å². The minimum Gasteiger partial charge on any atom is -0.394 e. The minimum atomic E-state index is -0.871. The van der Waals surface area contributed by atoms with E-state index in [0.29, 0.717) is 5.75 Å². The number of amides is 1. The normalized spacial score (nSPS) is 21.9. The van der Waals surface area contributed by atoms with Crippen LogP contribution in [0.5, 0.6) is 0 Å². The van der Waals surface area contributed by atoms with E-state index in [-0.39, 0.29) is 24.4 Å². The number of rotatable bonds is 4. The molecular formula is C12H15NO3S. The van der Waals surface area contributed by atoms with Crippen molar-refractivity contribution in [3.8, 4) is 0 Å². The maximum Gasteiger partial charge on any atom is 0.233 e. The molecule has 1 aromatic rings.